The highest BCUT2D eigenvalue weighted by molar-refractivity contribution is 7.89. The number of hydrogen-bond donors (Lipinski definition) is 1. The van der Waals surface area contributed by atoms with Crippen LogP contribution in [0.2, 0.25) is 0 Å². The third kappa shape index (κ3) is 4.59. The van der Waals surface area contributed by atoms with Crippen molar-refractivity contribution in [2.24, 2.45) is 0 Å². The molecule has 1 amide bonds. The van der Waals surface area contributed by atoms with Crippen molar-refractivity contribution in [3.05, 3.63) is 23.3 Å². The van der Waals surface area contributed by atoms with Crippen LogP contribution in [-0.4, -0.2) is 47.9 Å². The molecule has 1 atom stereocenters. The predicted octanol–water partition coefficient (Wildman–Crippen LogP) is 2.62. The van der Waals surface area contributed by atoms with Gasteiger partial charge in [-0.25, -0.2) is 18.1 Å². The fraction of sp³-hybridized carbons (Fsp3) is 0.556. The zero-order valence-electron chi connectivity index (χ0n) is 15.9. The normalized spacial score (nSPS) is 16.0. The van der Waals surface area contributed by atoms with Crippen molar-refractivity contribution in [2.75, 3.05) is 13.1 Å². The fourth-order valence-electron chi connectivity index (χ4n) is 3.04. The lowest BCUT2D eigenvalue weighted by atomic mass is 10.3. The summed E-state index contributed by atoms with van der Waals surface area (Å²) in [4.78, 5) is 19.1. The van der Waals surface area contributed by atoms with E-state index in [1.54, 1.807) is 16.8 Å². The molecule has 0 unspecified atom stereocenters. The average molecular weight is 411 g/mol. The van der Waals surface area contributed by atoms with Crippen molar-refractivity contribution in [1.29, 1.82) is 0 Å². The van der Waals surface area contributed by atoms with Crippen LogP contribution in [0.25, 0.3) is 10.7 Å². The van der Waals surface area contributed by atoms with Gasteiger partial charge in [0, 0.05) is 36.4 Å². The largest absolute Gasteiger partial charge is 0.341 e. The highest BCUT2D eigenvalue weighted by atomic mass is 32.2. The fourth-order valence-corrected chi connectivity index (χ4v) is 5.23. The Morgan fingerprint density at radius 1 is 1.37 bits per heavy atom. The van der Waals surface area contributed by atoms with E-state index in [4.69, 9.17) is 0 Å². The van der Waals surface area contributed by atoms with Crippen LogP contribution >= 0.6 is 11.3 Å². The summed E-state index contributed by atoms with van der Waals surface area (Å²) < 4.78 is 29.8. The van der Waals surface area contributed by atoms with Gasteiger partial charge in [0.1, 0.15) is 16.4 Å². The summed E-state index contributed by atoms with van der Waals surface area (Å²) in [5.74, 6) is 0.0106. The molecule has 0 aliphatic carbocycles. The van der Waals surface area contributed by atoms with Gasteiger partial charge >= 0.3 is 0 Å². The smallest absolute Gasteiger partial charge is 0.242 e. The van der Waals surface area contributed by atoms with Crippen LogP contribution in [0.5, 0.6) is 0 Å². The van der Waals surface area contributed by atoms with Crippen LogP contribution in [0.1, 0.15) is 38.8 Å². The Hall–Kier alpha value is -1.71. The van der Waals surface area contributed by atoms with E-state index in [9.17, 15) is 13.2 Å². The number of nitrogens with one attached hydrogen (secondary N) is 1. The molecule has 0 bridgehead atoms. The van der Waals surface area contributed by atoms with Crippen LogP contribution in [-0.2, 0) is 21.4 Å². The number of likely N-dealkylation sites (tertiary alicyclic amines) is 1. The average Bonchev–Trinajstić information content (AvgIpc) is 3.34. The summed E-state index contributed by atoms with van der Waals surface area (Å²) in [5.41, 5.74) is 1.53. The molecule has 1 saturated heterocycles. The summed E-state index contributed by atoms with van der Waals surface area (Å²) in [5, 5.41) is 2.63. The molecule has 27 heavy (non-hydrogen) atoms. The maximum atomic E-state index is 12.7. The number of aryl methyl sites for hydroxylation is 1. The van der Waals surface area contributed by atoms with Crippen molar-refractivity contribution in [1.82, 2.24) is 19.2 Å². The molecule has 1 aliphatic heterocycles. The van der Waals surface area contributed by atoms with Gasteiger partial charge in [0.2, 0.25) is 15.9 Å². The Morgan fingerprint density at radius 3 is 2.67 bits per heavy atom. The Bertz CT molecular complexity index is 911. The Morgan fingerprint density at radius 2 is 2.07 bits per heavy atom. The molecule has 0 aromatic carbocycles. The van der Waals surface area contributed by atoms with Gasteiger partial charge in [-0.2, -0.15) is 0 Å². The Balaban J connectivity index is 1.95. The summed E-state index contributed by atoms with van der Waals surface area (Å²) in [6.07, 6.45) is 4.29. The maximum absolute atomic E-state index is 12.7. The number of aromatic nitrogens is 2. The lowest BCUT2D eigenvalue weighted by Gasteiger charge is -2.16. The zero-order valence-corrected chi connectivity index (χ0v) is 17.6. The molecule has 2 aromatic rings. The van der Waals surface area contributed by atoms with Gasteiger partial charge < -0.3 is 9.47 Å². The maximum Gasteiger partial charge on any atom is 0.242 e. The first kappa shape index (κ1) is 20.0. The molecule has 148 valence electrons. The van der Waals surface area contributed by atoms with E-state index in [-0.39, 0.29) is 23.4 Å². The molecule has 0 saturated carbocycles. The van der Waals surface area contributed by atoms with Gasteiger partial charge in [-0.1, -0.05) is 6.92 Å². The first-order valence-electron chi connectivity index (χ1n) is 9.23. The first-order chi connectivity index (χ1) is 12.8. The number of sulfonamides is 1. The van der Waals surface area contributed by atoms with E-state index in [2.05, 4.69) is 9.71 Å². The third-order valence-corrected chi connectivity index (χ3v) is 7.29. The van der Waals surface area contributed by atoms with Gasteiger partial charge in [0.05, 0.1) is 5.69 Å². The van der Waals surface area contributed by atoms with Gasteiger partial charge in [-0.3, -0.25) is 4.79 Å². The van der Waals surface area contributed by atoms with Crippen LogP contribution in [0.15, 0.2) is 22.5 Å². The number of carbonyl (C=O) groups is 1. The van der Waals surface area contributed by atoms with Gasteiger partial charge in [0.15, 0.2) is 0 Å². The molecule has 3 heterocycles. The quantitative estimate of drug-likeness (QED) is 0.760. The van der Waals surface area contributed by atoms with E-state index in [1.165, 1.54) is 11.3 Å². The highest BCUT2D eigenvalue weighted by Crippen LogP contribution is 2.28. The van der Waals surface area contributed by atoms with Crippen LogP contribution < -0.4 is 4.72 Å². The van der Waals surface area contributed by atoms with Crippen LogP contribution in [0.4, 0.5) is 0 Å². The molecular weight excluding hydrogens is 384 g/mol. The second-order valence-corrected chi connectivity index (χ2v) is 9.57. The first-order valence-corrected chi connectivity index (χ1v) is 11.6. The standard InChI is InChI=1S/C18H26N4O3S2/c1-4-13(2)20-27(24,25)15-9-16(18-19-14(3)12-26-18)22(10-15)11-17(23)21-7-5-6-8-21/h9-10,12-13,20H,4-8,11H2,1-3H3/t13-/m1/s1. The lowest BCUT2D eigenvalue weighted by Crippen LogP contribution is -2.32. The number of amides is 1. The van der Waals surface area contributed by atoms with Gasteiger partial charge in [-0.05, 0) is 39.2 Å². The molecule has 3 rings (SSSR count). The second kappa shape index (κ2) is 8.12. The van der Waals surface area contributed by atoms with Crippen molar-refractivity contribution in [3.63, 3.8) is 0 Å². The molecule has 9 heteroatoms. The number of hydrogen-bond acceptors (Lipinski definition) is 5. The molecule has 7 nitrogen and oxygen atoms in total. The molecule has 0 spiro atoms. The molecule has 0 radical (unpaired) electrons. The van der Waals surface area contributed by atoms with E-state index in [1.807, 2.05) is 31.1 Å². The minimum atomic E-state index is -3.65. The van der Waals surface area contributed by atoms with E-state index in [0.29, 0.717) is 17.1 Å². The lowest BCUT2D eigenvalue weighted by molar-refractivity contribution is -0.130. The van der Waals surface area contributed by atoms with E-state index in [0.717, 1.165) is 31.6 Å². The summed E-state index contributed by atoms with van der Waals surface area (Å²) in [6, 6.07) is 1.45. The molecule has 1 N–H and O–H groups in total. The monoisotopic (exact) mass is 410 g/mol. The molecule has 2 aromatic heterocycles. The number of rotatable bonds is 7. The predicted molar refractivity (Wildman–Crippen MR) is 106 cm³/mol. The second-order valence-electron chi connectivity index (χ2n) is 7.00. The summed E-state index contributed by atoms with van der Waals surface area (Å²) in [7, 11) is -3.65. The zero-order chi connectivity index (χ0) is 19.6. The minimum Gasteiger partial charge on any atom is -0.341 e. The van der Waals surface area contributed by atoms with Crippen molar-refractivity contribution < 1.29 is 13.2 Å². The number of thiazole rings is 1. The van der Waals surface area contributed by atoms with Crippen molar-refractivity contribution in [2.45, 2.75) is 57.5 Å². The topological polar surface area (TPSA) is 84.3 Å². The molecular formula is C18H26N4O3S2. The summed E-state index contributed by atoms with van der Waals surface area (Å²) in [6.45, 7) is 7.31. The molecule has 1 fully saturated rings. The Labute approximate surface area is 164 Å². The number of nitrogens with zero attached hydrogens (tertiary/aromatic N) is 3. The van der Waals surface area contributed by atoms with Gasteiger partial charge in [0.25, 0.3) is 0 Å². The SMILES string of the molecule is CC[C@@H](C)NS(=O)(=O)c1cc(-c2nc(C)cs2)n(CC(=O)N2CCCC2)c1. The minimum absolute atomic E-state index is 0.0106. The van der Waals surface area contributed by atoms with Crippen LogP contribution in [0, 0.1) is 6.92 Å². The van der Waals surface area contributed by atoms with Crippen molar-refractivity contribution in [3.8, 4) is 10.7 Å². The van der Waals surface area contributed by atoms with Gasteiger partial charge in [-0.15, -0.1) is 11.3 Å². The number of carbonyl (C=O) groups excluding carboxylic acids is 1. The summed E-state index contributed by atoms with van der Waals surface area (Å²) >= 11 is 1.45. The van der Waals surface area contributed by atoms with Crippen LogP contribution in [0.3, 0.4) is 0 Å². The Kier molecular flexibility index (Phi) is 6.02. The van der Waals surface area contributed by atoms with Crippen molar-refractivity contribution >= 4 is 27.3 Å². The highest BCUT2D eigenvalue weighted by Gasteiger charge is 2.24. The van der Waals surface area contributed by atoms with E-state index >= 15 is 0 Å². The van der Waals surface area contributed by atoms with E-state index < -0.39 is 10.0 Å². The third-order valence-electron chi connectivity index (χ3n) is 4.75. The molecule has 1 aliphatic rings.